The zero-order valence-electron chi connectivity index (χ0n) is 11.7. The standard InChI is InChI=1S/C12H17FN2O5S/c1-8-6-10(7-11(12(8)13)15(17)18)21(19,20)14-9(2)4-3-5-16/h6-7,9,14,16H,3-5H2,1-2H3. The van der Waals surface area contributed by atoms with Crippen molar-refractivity contribution < 1.29 is 22.8 Å². The molecule has 0 spiro atoms. The van der Waals surface area contributed by atoms with E-state index in [1.165, 1.54) is 6.92 Å². The average Bonchev–Trinajstić information content (AvgIpc) is 2.38. The van der Waals surface area contributed by atoms with E-state index in [0.29, 0.717) is 18.9 Å². The SMILES string of the molecule is Cc1cc(S(=O)(=O)NC(C)CCCO)cc([N+](=O)[O-])c1F. The maximum Gasteiger partial charge on any atom is 0.306 e. The van der Waals surface area contributed by atoms with Crippen molar-refractivity contribution >= 4 is 15.7 Å². The van der Waals surface area contributed by atoms with Crippen LogP contribution in [0, 0.1) is 22.9 Å². The molecule has 0 heterocycles. The van der Waals surface area contributed by atoms with E-state index in [1.807, 2.05) is 0 Å². The molecule has 0 fully saturated rings. The normalized spacial score (nSPS) is 13.1. The van der Waals surface area contributed by atoms with Crippen molar-refractivity contribution in [2.24, 2.45) is 0 Å². The summed E-state index contributed by atoms with van der Waals surface area (Å²) in [7, 11) is -3.99. The van der Waals surface area contributed by atoms with Gasteiger partial charge < -0.3 is 5.11 Å². The van der Waals surface area contributed by atoms with Gasteiger partial charge in [-0.2, -0.15) is 4.39 Å². The van der Waals surface area contributed by atoms with Crippen LogP contribution in [-0.4, -0.2) is 31.1 Å². The monoisotopic (exact) mass is 320 g/mol. The number of hydrogen-bond donors (Lipinski definition) is 2. The van der Waals surface area contributed by atoms with Gasteiger partial charge in [-0.3, -0.25) is 10.1 Å². The van der Waals surface area contributed by atoms with E-state index in [4.69, 9.17) is 5.11 Å². The first-order valence-electron chi connectivity index (χ1n) is 6.26. The smallest absolute Gasteiger partial charge is 0.306 e. The molecule has 0 radical (unpaired) electrons. The number of sulfonamides is 1. The molecule has 0 bridgehead atoms. The maximum atomic E-state index is 13.6. The van der Waals surface area contributed by atoms with Crippen molar-refractivity contribution in [3.8, 4) is 0 Å². The molecule has 0 aliphatic heterocycles. The fourth-order valence-corrected chi connectivity index (χ4v) is 3.18. The van der Waals surface area contributed by atoms with Crippen LogP contribution in [-0.2, 0) is 10.0 Å². The molecule has 0 saturated heterocycles. The molecule has 9 heteroatoms. The van der Waals surface area contributed by atoms with Gasteiger partial charge in [-0.1, -0.05) is 0 Å². The number of nitro groups is 1. The Morgan fingerprint density at radius 3 is 2.62 bits per heavy atom. The second kappa shape index (κ2) is 6.92. The quantitative estimate of drug-likeness (QED) is 0.584. The van der Waals surface area contributed by atoms with Crippen molar-refractivity contribution in [2.45, 2.75) is 37.6 Å². The minimum atomic E-state index is -3.99. The van der Waals surface area contributed by atoms with Crippen molar-refractivity contribution in [3.63, 3.8) is 0 Å². The van der Waals surface area contributed by atoms with Crippen LogP contribution in [0.5, 0.6) is 0 Å². The third kappa shape index (κ3) is 4.45. The Hall–Kier alpha value is -1.58. The summed E-state index contributed by atoms with van der Waals surface area (Å²) in [6.07, 6.45) is 0.838. The molecule has 0 aromatic heterocycles. The van der Waals surface area contributed by atoms with Gasteiger partial charge in [-0.25, -0.2) is 13.1 Å². The van der Waals surface area contributed by atoms with Crippen LogP contribution in [0.1, 0.15) is 25.3 Å². The second-order valence-corrected chi connectivity index (χ2v) is 6.43. The van der Waals surface area contributed by atoms with Crippen LogP contribution in [0.15, 0.2) is 17.0 Å². The summed E-state index contributed by atoms with van der Waals surface area (Å²) in [6.45, 7) is 2.81. The van der Waals surface area contributed by atoms with Crippen molar-refractivity contribution in [2.75, 3.05) is 6.61 Å². The lowest BCUT2D eigenvalue weighted by Gasteiger charge is -2.14. The first-order valence-corrected chi connectivity index (χ1v) is 7.75. The van der Waals surface area contributed by atoms with Gasteiger partial charge in [0, 0.05) is 18.7 Å². The number of nitrogens with one attached hydrogen (secondary N) is 1. The van der Waals surface area contributed by atoms with Gasteiger partial charge in [0.25, 0.3) is 0 Å². The Bertz CT molecular complexity index is 633. The number of aryl methyl sites for hydroxylation is 1. The van der Waals surface area contributed by atoms with E-state index in [1.54, 1.807) is 6.92 Å². The van der Waals surface area contributed by atoms with Crippen molar-refractivity contribution in [3.05, 3.63) is 33.6 Å². The topological polar surface area (TPSA) is 110 Å². The average molecular weight is 320 g/mol. The van der Waals surface area contributed by atoms with Gasteiger partial charge in [0.05, 0.1) is 9.82 Å². The van der Waals surface area contributed by atoms with Crippen LogP contribution in [0.25, 0.3) is 0 Å². The molecule has 1 rings (SSSR count). The minimum absolute atomic E-state index is 0.0623. The van der Waals surface area contributed by atoms with Gasteiger partial charge in [-0.05, 0) is 38.3 Å². The Morgan fingerprint density at radius 1 is 1.48 bits per heavy atom. The van der Waals surface area contributed by atoms with Gasteiger partial charge in [0.1, 0.15) is 0 Å². The van der Waals surface area contributed by atoms with Crippen LogP contribution < -0.4 is 4.72 Å². The van der Waals surface area contributed by atoms with E-state index in [9.17, 15) is 22.9 Å². The maximum absolute atomic E-state index is 13.6. The number of halogens is 1. The van der Waals surface area contributed by atoms with Crippen molar-refractivity contribution in [1.82, 2.24) is 4.72 Å². The summed E-state index contributed by atoms with van der Waals surface area (Å²) in [5.41, 5.74) is -0.994. The number of aliphatic hydroxyl groups is 1. The van der Waals surface area contributed by atoms with Crippen LogP contribution >= 0.6 is 0 Å². The Balaban J connectivity index is 3.12. The molecule has 1 aromatic carbocycles. The lowest BCUT2D eigenvalue weighted by molar-refractivity contribution is -0.387. The highest BCUT2D eigenvalue weighted by atomic mass is 32.2. The molecule has 1 unspecified atom stereocenters. The van der Waals surface area contributed by atoms with Gasteiger partial charge in [0.2, 0.25) is 15.8 Å². The van der Waals surface area contributed by atoms with E-state index in [0.717, 1.165) is 6.07 Å². The number of aliphatic hydroxyl groups excluding tert-OH is 1. The Kier molecular flexibility index (Phi) is 5.76. The first kappa shape index (κ1) is 17.5. The summed E-state index contributed by atoms with van der Waals surface area (Å²) in [6, 6.07) is 1.29. The summed E-state index contributed by atoms with van der Waals surface area (Å²) >= 11 is 0. The highest BCUT2D eigenvalue weighted by Gasteiger charge is 2.24. The lowest BCUT2D eigenvalue weighted by atomic mass is 10.2. The Morgan fingerprint density at radius 2 is 2.10 bits per heavy atom. The lowest BCUT2D eigenvalue weighted by Crippen LogP contribution is -2.32. The van der Waals surface area contributed by atoms with E-state index < -0.39 is 32.5 Å². The van der Waals surface area contributed by atoms with E-state index in [2.05, 4.69) is 4.72 Å². The second-order valence-electron chi connectivity index (χ2n) is 4.72. The minimum Gasteiger partial charge on any atom is -0.396 e. The number of hydrogen-bond acceptors (Lipinski definition) is 5. The zero-order chi connectivity index (χ0) is 16.2. The number of nitro benzene ring substituents is 1. The predicted molar refractivity (Wildman–Crippen MR) is 73.9 cm³/mol. The first-order chi connectivity index (χ1) is 9.69. The van der Waals surface area contributed by atoms with Crippen LogP contribution in [0.3, 0.4) is 0 Å². The van der Waals surface area contributed by atoms with Crippen LogP contribution in [0.2, 0.25) is 0 Å². The number of benzene rings is 1. The zero-order valence-corrected chi connectivity index (χ0v) is 12.5. The molecular weight excluding hydrogens is 303 g/mol. The third-order valence-electron chi connectivity index (χ3n) is 2.87. The fourth-order valence-electron chi connectivity index (χ4n) is 1.80. The van der Waals surface area contributed by atoms with E-state index in [-0.39, 0.29) is 17.1 Å². The molecule has 1 aromatic rings. The molecule has 7 nitrogen and oxygen atoms in total. The van der Waals surface area contributed by atoms with Gasteiger partial charge >= 0.3 is 5.69 Å². The molecule has 0 aliphatic carbocycles. The fraction of sp³-hybridized carbons (Fsp3) is 0.500. The number of rotatable bonds is 7. The molecule has 0 amide bonds. The molecule has 21 heavy (non-hydrogen) atoms. The molecule has 0 saturated carbocycles. The number of nitrogens with zero attached hydrogens (tertiary/aromatic N) is 1. The summed E-state index contributed by atoms with van der Waals surface area (Å²) in [5, 5.41) is 19.4. The molecule has 0 aliphatic rings. The largest absolute Gasteiger partial charge is 0.396 e. The summed E-state index contributed by atoms with van der Waals surface area (Å²) in [5.74, 6) is -1.05. The Labute approximate surface area is 122 Å². The predicted octanol–water partition coefficient (Wildman–Crippen LogP) is 1.48. The molecule has 2 N–H and O–H groups in total. The highest BCUT2D eigenvalue weighted by Crippen LogP contribution is 2.25. The summed E-state index contributed by atoms with van der Waals surface area (Å²) in [4.78, 5) is 9.42. The molecular formula is C12H17FN2O5S. The molecule has 1 atom stereocenters. The van der Waals surface area contributed by atoms with Crippen LogP contribution in [0.4, 0.5) is 10.1 Å². The van der Waals surface area contributed by atoms with Gasteiger partial charge in [0.15, 0.2) is 0 Å². The molecule has 118 valence electrons. The summed E-state index contributed by atoms with van der Waals surface area (Å²) < 4.78 is 40.2. The van der Waals surface area contributed by atoms with Gasteiger partial charge in [-0.15, -0.1) is 0 Å². The highest BCUT2D eigenvalue weighted by molar-refractivity contribution is 7.89. The van der Waals surface area contributed by atoms with Crippen molar-refractivity contribution in [1.29, 1.82) is 0 Å². The third-order valence-corrected chi connectivity index (χ3v) is 4.44. The van der Waals surface area contributed by atoms with E-state index >= 15 is 0 Å².